The number of carbonyl (C=O) groups is 1. The molecule has 0 radical (unpaired) electrons. The molecule has 21 heavy (non-hydrogen) atoms. The standard InChI is InChI=1S/C12H6Br2ClF2NO3/c13-7-3-5(15)4-8(9(7)21-12(16)17)18-11(19)6-1-2-20-10(6)14/h1-4,12H,(H,18,19). The number of benzene rings is 1. The average Bonchev–Trinajstić information content (AvgIpc) is 2.79. The van der Waals surface area contributed by atoms with Gasteiger partial charge in [0.15, 0.2) is 10.4 Å². The smallest absolute Gasteiger partial charge is 0.387 e. The van der Waals surface area contributed by atoms with Crippen LogP contribution in [0.15, 0.2) is 38.0 Å². The van der Waals surface area contributed by atoms with Crippen molar-refractivity contribution in [2.75, 3.05) is 5.32 Å². The largest absolute Gasteiger partial charge is 0.457 e. The Kier molecular flexibility index (Phi) is 5.23. The molecule has 0 spiro atoms. The van der Waals surface area contributed by atoms with Gasteiger partial charge in [-0.3, -0.25) is 4.79 Å². The van der Waals surface area contributed by atoms with Crippen molar-refractivity contribution in [2.45, 2.75) is 6.61 Å². The molecule has 1 aromatic heterocycles. The quantitative estimate of drug-likeness (QED) is 0.694. The van der Waals surface area contributed by atoms with Gasteiger partial charge in [0.05, 0.1) is 22.0 Å². The molecule has 0 saturated carbocycles. The van der Waals surface area contributed by atoms with Gasteiger partial charge in [0.1, 0.15) is 0 Å². The summed E-state index contributed by atoms with van der Waals surface area (Å²) in [6, 6.07) is 4.10. The van der Waals surface area contributed by atoms with Gasteiger partial charge in [-0.1, -0.05) is 11.6 Å². The summed E-state index contributed by atoms with van der Waals surface area (Å²) in [6.45, 7) is -3.04. The van der Waals surface area contributed by atoms with Crippen molar-refractivity contribution in [1.82, 2.24) is 0 Å². The topological polar surface area (TPSA) is 51.5 Å². The highest BCUT2D eigenvalue weighted by molar-refractivity contribution is 9.10. The molecule has 1 heterocycles. The Morgan fingerprint density at radius 3 is 2.67 bits per heavy atom. The van der Waals surface area contributed by atoms with Crippen LogP contribution in [-0.4, -0.2) is 12.5 Å². The summed E-state index contributed by atoms with van der Waals surface area (Å²) in [5.41, 5.74) is 0.210. The van der Waals surface area contributed by atoms with E-state index >= 15 is 0 Å². The zero-order valence-electron chi connectivity index (χ0n) is 10.0. The van der Waals surface area contributed by atoms with E-state index in [1.807, 2.05) is 0 Å². The molecule has 0 aliphatic carbocycles. The molecule has 1 N–H and O–H groups in total. The van der Waals surface area contributed by atoms with Crippen LogP contribution in [0.2, 0.25) is 5.02 Å². The fourth-order valence-corrected chi connectivity index (χ4v) is 2.83. The van der Waals surface area contributed by atoms with E-state index in [0.29, 0.717) is 0 Å². The molecule has 0 bridgehead atoms. The normalized spacial score (nSPS) is 10.8. The van der Waals surface area contributed by atoms with Crippen molar-refractivity contribution in [3.05, 3.63) is 44.2 Å². The minimum atomic E-state index is -3.04. The number of anilines is 1. The van der Waals surface area contributed by atoms with E-state index in [4.69, 9.17) is 16.0 Å². The Morgan fingerprint density at radius 1 is 1.38 bits per heavy atom. The van der Waals surface area contributed by atoms with Crippen molar-refractivity contribution in [3.63, 3.8) is 0 Å². The number of amides is 1. The molecular weight excluding hydrogens is 439 g/mol. The Morgan fingerprint density at radius 2 is 2.10 bits per heavy atom. The average molecular weight is 445 g/mol. The first kappa shape index (κ1) is 16.3. The number of carbonyl (C=O) groups excluding carboxylic acids is 1. The van der Waals surface area contributed by atoms with Crippen LogP contribution in [0.4, 0.5) is 14.5 Å². The number of nitrogens with one attached hydrogen (secondary N) is 1. The Bertz CT molecular complexity index is 679. The second-order valence-electron chi connectivity index (χ2n) is 3.70. The van der Waals surface area contributed by atoms with Crippen molar-refractivity contribution in [1.29, 1.82) is 0 Å². The Hall–Kier alpha value is -1.12. The van der Waals surface area contributed by atoms with Gasteiger partial charge in [0, 0.05) is 5.02 Å². The molecule has 112 valence electrons. The summed E-state index contributed by atoms with van der Waals surface area (Å²) in [5, 5.41) is 2.68. The van der Waals surface area contributed by atoms with E-state index in [1.54, 1.807) is 0 Å². The molecule has 9 heteroatoms. The highest BCUT2D eigenvalue weighted by Gasteiger charge is 2.19. The fourth-order valence-electron chi connectivity index (χ4n) is 1.51. The predicted molar refractivity (Wildman–Crippen MR) is 80.1 cm³/mol. The van der Waals surface area contributed by atoms with Gasteiger partial charge in [-0.05, 0) is 50.1 Å². The SMILES string of the molecule is O=C(Nc1cc(Cl)cc(Br)c1OC(F)F)c1ccoc1Br. The van der Waals surface area contributed by atoms with Crippen LogP contribution in [0.5, 0.6) is 5.75 Å². The highest BCUT2D eigenvalue weighted by Crippen LogP contribution is 2.38. The zero-order chi connectivity index (χ0) is 15.6. The first-order valence-corrected chi connectivity index (χ1v) is 7.33. The van der Waals surface area contributed by atoms with Crippen LogP contribution < -0.4 is 10.1 Å². The van der Waals surface area contributed by atoms with Crippen LogP contribution in [0, 0.1) is 0 Å². The Balaban J connectivity index is 2.34. The number of rotatable bonds is 4. The van der Waals surface area contributed by atoms with Gasteiger partial charge < -0.3 is 14.5 Å². The fraction of sp³-hybridized carbons (Fsp3) is 0.0833. The molecular formula is C12H6Br2ClF2NO3. The summed E-state index contributed by atoms with van der Waals surface area (Å²) < 4.78 is 34.6. The van der Waals surface area contributed by atoms with E-state index in [1.165, 1.54) is 24.5 Å². The molecule has 2 aromatic rings. The monoisotopic (exact) mass is 443 g/mol. The number of furan rings is 1. The highest BCUT2D eigenvalue weighted by atomic mass is 79.9. The summed E-state index contributed by atoms with van der Waals surface area (Å²) in [5.74, 6) is -0.786. The number of alkyl halides is 2. The second-order valence-corrected chi connectivity index (χ2v) is 5.72. The number of hydrogen-bond donors (Lipinski definition) is 1. The lowest BCUT2D eigenvalue weighted by Gasteiger charge is -2.14. The molecule has 2 rings (SSSR count). The third kappa shape index (κ3) is 3.96. The summed E-state index contributed by atoms with van der Waals surface area (Å²) in [6.07, 6.45) is 1.31. The van der Waals surface area contributed by atoms with Gasteiger partial charge in [0.2, 0.25) is 0 Å². The summed E-state index contributed by atoms with van der Waals surface area (Å²) >= 11 is 12.0. The molecule has 4 nitrogen and oxygen atoms in total. The molecule has 0 aliphatic rings. The number of ether oxygens (including phenoxy) is 1. The van der Waals surface area contributed by atoms with Crippen molar-refractivity contribution in [2.24, 2.45) is 0 Å². The van der Waals surface area contributed by atoms with Crippen LogP contribution in [0.25, 0.3) is 0 Å². The van der Waals surface area contributed by atoms with Crippen molar-refractivity contribution < 1.29 is 22.7 Å². The maximum absolute atomic E-state index is 12.4. The van der Waals surface area contributed by atoms with Gasteiger partial charge >= 0.3 is 6.61 Å². The molecule has 1 aromatic carbocycles. The van der Waals surface area contributed by atoms with Gasteiger partial charge in [-0.25, -0.2) is 0 Å². The van der Waals surface area contributed by atoms with E-state index in [9.17, 15) is 13.6 Å². The van der Waals surface area contributed by atoms with Crippen LogP contribution in [-0.2, 0) is 0 Å². The van der Waals surface area contributed by atoms with Crippen LogP contribution in [0.1, 0.15) is 10.4 Å². The second kappa shape index (κ2) is 6.76. The van der Waals surface area contributed by atoms with E-state index in [2.05, 4.69) is 41.9 Å². The molecule has 0 saturated heterocycles. The lowest BCUT2D eigenvalue weighted by molar-refractivity contribution is -0.0498. The van der Waals surface area contributed by atoms with E-state index in [-0.39, 0.29) is 31.2 Å². The predicted octanol–water partition coefficient (Wildman–Crippen LogP) is 5.31. The Labute approximate surface area is 139 Å². The lowest BCUT2D eigenvalue weighted by atomic mass is 10.2. The van der Waals surface area contributed by atoms with Crippen LogP contribution in [0.3, 0.4) is 0 Å². The minimum absolute atomic E-state index is 0.00720. The summed E-state index contributed by atoms with van der Waals surface area (Å²) in [4.78, 5) is 12.1. The summed E-state index contributed by atoms with van der Waals surface area (Å²) in [7, 11) is 0. The minimum Gasteiger partial charge on any atom is -0.457 e. The van der Waals surface area contributed by atoms with Crippen molar-refractivity contribution in [3.8, 4) is 5.75 Å². The maximum atomic E-state index is 12.4. The number of halogens is 5. The first-order chi connectivity index (χ1) is 9.88. The van der Waals surface area contributed by atoms with Gasteiger partial charge in [-0.2, -0.15) is 8.78 Å². The molecule has 0 atom stereocenters. The van der Waals surface area contributed by atoms with Gasteiger partial charge in [-0.15, -0.1) is 0 Å². The van der Waals surface area contributed by atoms with Crippen molar-refractivity contribution >= 4 is 55.1 Å². The van der Waals surface area contributed by atoms with E-state index < -0.39 is 12.5 Å². The molecule has 0 fully saturated rings. The third-order valence-corrected chi connectivity index (χ3v) is 3.75. The molecule has 0 aliphatic heterocycles. The third-order valence-electron chi connectivity index (χ3n) is 2.33. The molecule has 0 unspecified atom stereocenters. The number of hydrogen-bond acceptors (Lipinski definition) is 3. The lowest BCUT2D eigenvalue weighted by Crippen LogP contribution is -2.14. The van der Waals surface area contributed by atoms with Gasteiger partial charge in [0.25, 0.3) is 5.91 Å². The zero-order valence-corrected chi connectivity index (χ0v) is 13.9. The van der Waals surface area contributed by atoms with Crippen LogP contribution >= 0.6 is 43.5 Å². The van der Waals surface area contributed by atoms with E-state index in [0.717, 1.165) is 0 Å². The maximum Gasteiger partial charge on any atom is 0.387 e. The molecule has 1 amide bonds. The first-order valence-electron chi connectivity index (χ1n) is 5.36.